The Bertz CT molecular complexity index is 2100. The fraction of sp³-hybridized carbons (Fsp3) is 0.486. The molecule has 4 aromatic rings. The molecule has 1 aromatic heterocycles. The van der Waals surface area contributed by atoms with Gasteiger partial charge in [0.15, 0.2) is 17.5 Å². The molecule has 0 radical (unpaired) electrons. The van der Waals surface area contributed by atoms with Crippen LogP contribution in [-0.2, 0) is 0 Å². The van der Waals surface area contributed by atoms with Gasteiger partial charge in [-0.3, -0.25) is 15.0 Å². The van der Waals surface area contributed by atoms with Gasteiger partial charge in [-0.25, -0.2) is 22.0 Å². The molecular formula is C35H33F5N6O4. The molecule has 3 atom stereocenters. The number of fused-ring (bicyclic) bond motifs is 5. The molecule has 10 nitrogen and oxygen atoms in total. The van der Waals surface area contributed by atoms with E-state index in [1.807, 2.05) is 4.90 Å². The first-order chi connectivity index (χ1) is 23.8. The highest BCUT2D eigenvalue weighted by Crippen LogP contribution is 2.62. The maximum atomic E-state index is 17.1. The molecule has 5 aliphatic rings. The SMILES string of the molecule is O=[N+]([O-])c1cc2c(N3C[C@H]4CC[C@@H](C3)N4)nc(OC[C@@]34CCCN3CC3(CC(F)(F)C3)C4)nc2c(F)c1-c1cc(O)cc2ccc(F)c(F)c12. The van der Waals surface area contributed by atoms with Crippen LogP contribution >= 0.6 is 0 Å². The normalized spacial score (nSPS) is 26.5. The maximum Gasteiger partial charge on any atom is 0.319 e. The number of benzene rings is 3. The Morgan fingerprint density at radius 1 is 1.04 bits per heavy atom. The minimum absolute atomic E-state index is 0.00956. The fourth-order valence-corrected chi connectivity index (χ4v) is 9.73. The quantitative estimate of drug-likeness (QED) is 0.133. The average molecular weight is 697 g/mol. The molecule has 15 heteroatoms. The van der Waals surface area contributed by atoms with E-state index < -0.39 is 67.2 Å². The lowest BCUT2D eigenvalue weighted by molar-refractivity contribution is -0.384. The molecule has 2 N–H and O–H groups in total. The molecule has 5 heterocycles. The number of rotatable bonds is 6. The second kappa shape index (κ2) is 10.8. The summed E-state index contributed by atoms with van der Waals surface area (Å²) in [6, 6.07) is 5.36. The largest absolute Gasteiger partial charge is 0.508 e. The second-order valence-electron chi connectivity index (χ2n) is 15.0. The lowest BCUT2D eigenvalue weighted by Crippen LogP contribution is -2.51. The Morgan fingerprint density at radius 2 is 1.80 bits per heavy atom. The van der Waals surface area contributed by atoms with Gasteiger partial charge in [0.2, 0.25) is 5.92 Å². The van der Waals surface area contributed by atoms with Crippen molar-refractivity contribution in [2.24, 2.45) is 5.41 Å². The fourth-order valence-electron chi connectivity index (χ4n) is 9.73. The molecule has 0 amide bonds. The molecule has 1 aliphatic carbocycles. The van der Waals surface area contributed by atoms with Gasteiger partial charge in [0, 0.05) is 61.6 Å². The Kier molecular flexibility index (Phi) is 6.84. The van der Waals surface area contributed by atoms with Crippen LogP contribution < -0.4 is 15.0 Å². The molecule has 2 bridgehead atoms. The van der Waals surface area contributed by atoms with E-state index in [0.29, 0.717) is 26.1 Å². The van der Waals surface area contributed by atoms with Crippen molar-refractivity contribution in [2.45, 2.75) is 68.5 Å². The second-order valence-corrected chi connectivity index (χ2v) is 15.0. The number of aromatic hydroxyl groups is 1. The number of phenolic OH excluding ortho intramolecular Hbond substituents is 1. The van der Waals surface area contributed by atoms with Crippen LogP contribution in [-0.4, -0.2) is 81.2 Å². The van der Waals surface area contributed by atoms with Gasteiger partial charge in [0.1, 0.15) is 23.7 Å². The zero-order valence-electron chi connectivity index (χ0n) is 26.8. The highest BCUT2D eigenvalue weighted by atomic mass is 19.3. The number of hydrogen-bond donors (Lipinski definition) is 2. The maximum absolute atomic E-state index is 17.1. The predicted octanol–water partition coefficient (Wildman–Crippen LogP) is 6.45. The van der Waals surface area contributed by atoms with Crippen molar-refractivity contribution >= 4 is 33.2 Å². The number of nitrogens with zero attached hydrogens (tertiary/aromatic N) is 5. The highest BCUT2D eigenvalue weighted by molar-refractivity contribution is 6.04. The third kappa shape index (κ3) is 4.87. The van der Waals surface area contributed by atoms with E-state index in [0.717, 1.165) is 56.5 Å². The number of piperazine rings is 1. The first-order valence-corrected chi connectivity index (χ1v) is 16.9. The van der Waals surface area contributed by atoms with E-state index in [4.69, 9.17) is 9.72 Å². The van der Waals surface area contributed by atoms with E-state index in [2.05, 4.69) is 15.2 Å². The summed E-state index contributed by atoms with van der Waals surface area (Å²) in [4.78, 5) is 25.0. The number of phenols is 1. The van der Waals surface area contributed by atoms with Gasteiger partial charge < -0.3 is 20.1 Å². The number of ether oxygens (including phenoxy) is 1. The van der Waals surface area contributed by atoms with Crippen molar-refractivity contribution in [1.82, 2.24) is 20.2 Å². The topological polar surface area (TPSA) is 117 Å². The van der Waals surface area contributed by atoms with E-state index in [1.54, 1.807) is 0 Å². The molecule has 1 saturated carbocycles. The monoisotopic (exact) mass is 696 g/mol. The van der Waals surface area contributed by atoms with E-state index >= 15 is 8.78 Å². The van der Waals surface area contributed by atoms with Crippen LogP contribution in [0.4, 0.5) is 33.5 Å². The number of alkyl halides is 2. The molecule has 262 valence electrons. The number of anilines is 1. The summed E-state index contributed by atoms with van der Waals surface area (Å²) in [6.07, 6.45) is 3.65. The Labute approximate surface area is 282 Å². The molecule has 5 fully saturated rings. The highest BCUT2D eigenvalue weighted by Gasteiger charge is 2.65. The van der Waals surface area contributed by atoms with E-state index in [1.165, 1.54) is 6.07 Å². The number of nitro groups is 1. The van der Waals surface area contributed by atoms with Crippen molar-refractivity contribution in [1.29, 1.82) is 0 Å². The van der Waals surface area contributed by atoms with Gasteiger partial charge in [-0.2, -0.15) is 9.97 Å². The third-order valence-corrected chi connectivity index (χ3v) is 11.6. The van der Waals surface area contributed by atoms with Crippen LogP contribution in [0.25, 0.3) is 32.8 Å². The number of nitro benzene ring substituents is 1. The van der Waals surface area contributed by atoms with Crippen LogP contribution in [0.3, 0.4) is 0 Å². The van der Waals surface area contributed by atoms with Crippen molar-refractivity contribution in [3.05, 3.63) is 57.9 Å². The van der Waals surface area contributed by atoms with Gasteiger partial charge in [0.25, 0.3) is 5.69 Å². The summed E-state index contributed by atoms with van der Waals surface area (Å²) in [5.74, 6) is -6.66. The first-order valence-electron chi connectivity index (χ1n) is 16.9. The summed E-state index contributed by atoms with van der Waals surface area (Å²) in [5, 5.41) is 26.2. The molecule has 3 aromatic carbocycles. The molecule has 50 heavy (non-hydrogen) atoms. The molecule has 0 unspecified atom stereocenters. The van der Waals surface area contributed by atoms with Gasteiger partial charge in [-0.15, -0.1) is 0 Å². The van der Waals surface area contributed by atoms with E-state index in [-0.39, 0.29) is 59.6 Å². The lowest BCUT2D eigenvalue weighted by Gasteiger charge is -2.45. The van der Waals surface area contributed by atoms with Crippen LogP contribution in [0.15, 0.2) is 30.3 Å². The Morgan fingerprint density at radius 3 is 2.52 bits per heavy atom. The summed E-state index contributed by atoms with van der Waals surface area (Å²) in [7, 11) is 0. The first kappa shape index (κ1) is 31.6. The number of nitrogens with one attached hydrogen (secondary N) is 1. The summed E-state index contributed by atoms with van der Waals surface area (Å²) in [5.41, 5.74) is -3.15. The minimum atomic E-state index is -2.67. The smallest absolute Gasteiger partial charge is 0.319 e. The van der Waals surface area contributed by atoms with Gasteiger partial charge in [-0.05, 0) is 67.6 Å². The minimum Gasteiger partial charge on any atom is -0.508 e. The van der Waals surface area contributed by atoms with Crippen molar-refractivity contribution < 1.29 is 36.7 Å². The van der Waals surface area contributed by atoms with Crippen molar-refractivity contribution in [3.8, 4) is 22.9 Å². The van der Waals surface area contributed by atoms with E-state index in [9.17, 15) is 28.4 Å². The number of aromatic nitrogens is 2. The van der Waals surface area contributed by atoms with Gasteiger partial charge in [0.05, 0.1) is 21.4 Å². The summed E-state index contributed by atoms with van der Waals surface area (Å²) >= 11 is 0. The Balaban J connectivity index is 1.19. The number of halogens is 5. The number of hydrogen-bond acceptors (Lipinski definition) is 9. The average Bonchev–Trinajstić information content (AvgIpc) is 3.69. The molecule has 4 aliphatic heterocycles. The lowest BCUT2D eigenvalue weighted by atomic mass is 9.63. The van der Waals surface area contributed by atoms with Crippen LogP contribution in [0, 0.1) is 33.0 Å². The molecule has 1 spiro atoms. The van der Waals surface area contributed by atoms with Gasteiger partial charge in [-0.1, -0.05) is 6.07 Å². The van der Waals surface area contributed by atoms with Crippen molar-refractivity contribution in [3.63, 3.8) is 0 Å². The van der Waals surface area contributed by atoms with Crippen LogP contribution in [0.1, 0.15) is 44.9 Å². The Hall–Kier alpha value is -4.37. The summed E-state index contributed by atoms with van der Waals surface area (Å²) < 4.78 is 81.3. The molecule has 9 rings (SSSR count). The van der Waals surface area contributed by atoms with Gasteiger partial charge >= 0.3 is 6.01 Å². The van der Waals surface area contributed by atoms with Crippen molar-refractivity contribution in [2.75, 3.05) is 37.7 Å². The summed E-state index contributed by atoms with van der Waals surface area (Å²) in [6.45, 7) is 2.38. The predicted molar refractivity (Wildman–Crippen MR) is 173 cm³/mol. The third-order valence-electron chi connectivity index (χ3n) is 11.6. The zero-order valence-corrected chi connectivity index (χ0v) is 26.8. The van der Waals surface area contributed by atoms with Crippen LogP contribution in [0.5, 0.6) is 11.8 Å². The standard InChI is InChI=1S/C35H33F5N6O4/c36-24-5-2-18-8-21(47)9-22(26(18)28(24)37)27-25(46(48)49)10-23-30(29(27)38)42-32(43-31(23)44-11-19-3-4-20(12-44)41-19)50-17-34-6-1-7-45(34)16-33(13-34)14-35(39,40)15-33/h2,5,8-10,19-20,41,47H,1,3-4,6-7,11-17H2/t19-,20+,34-/m0/s1. The molecule has 4 saturated heterocycles. The zero-order chi connectivity index (χ0) is 34.7. The molecular weight excluding hydrogens is 663 g/mol. The van der Waals surface area contributed by atoms with Crippen LogP contribution in [0.2, 0.25) is 0 Å².